The first-order valence-electron chi connectivity index (χ1n) is 8.46. The monoisotopic (exact) mass is 384 g/mol. The van der Waals surface area contributed by atoms with Crippen molar-refractivity contribution in [2.75, 3.05) is 11.9 Å². The molecule has 2 amide bonds. The number of benzene rings is 2. The van der Waals surface area contributed by atoms with Crippen LogP contribution >= 0.6 is 0 Å². The number of carbonyl (C=O) groups excluding carboxylic acids is 3. The molecule has 0 aliphatic carbocycles. The molecular weight excluding hydrogens is 364 g/mol. The summed E-state index contributed by atoms with van der Waals surface area (Å²) in [5.41, 5.74) is 1.14. The van der Waals surface area contributed by atoms with Crippen LogP contribution in [0.15, 0.2) is 48.5 Å². The SMILES string of the molecule is C[Si](C)(C)Oc1ccc(NCC(=O)ON2C(=O)c3ccccc3C2=O)cc1. The van der Waals surface area contributed by atoms with E-state index in [0.29, 0.717) is 10.8 Å². The molecule has 0 fully saturated rings. The minimum Gasteiger partial charge on any atom is -0.544 e. The summed E-state index contributed by atoms with van der Waals surface area (Å²) in [5, 5.41) is 3.39. The van der Waals surface area contributed by atoms with Gasteiger partial charge in [0.15, 0.2) is 0 Å². The van der Waals surface area contributed by atoms with Crippen molar-refractivity contribution < 1.29 is 23.6 Å². The zero-order valence-electron chi connectivity index (χ0n) is 15.3. The number of rotatable bonds is 6. The predicted octanol–water partition coefficient (Wildman–Crippen LogP) is 3.07. The van der Waals surface area contributed by atoms with Crippen LogP contribution in [0.3, 0.4) is 0 Å². The van der Waals surface area contributed by atoms with Crippen LogP contribution in [0.1, 0.15) is 20.7 Å². The van der Waals surface area contributed by atoms with Gasteiger partial charge in [0.05, 0.1) is 11.1 Å². The van der Waals surface area contributed by atoms with Crippen molar-refractivity contribution in [2.24, 2.45) is 0 Å². The van der Waals surface area contributed by atoms with E-state index in [0.717, 1.165) is 5.75 Å². The van der Waals surface area contributed by atoms with Gasteiger partial charge in [-0.3, -0.25) is 9.59 Å². The number of hydroxylamine groups is 2. The summed E-state index contributed by atoms with van der Waals surface area (Å²) < 4.78 is 5.86. The van der Waals surface area contributed by atoms with Crippen molar-refractivity contribution in [3.8, 4) is 5.75 Å². The van der Waals surface area contributed by atoms with Crippen molar-refractivity contribution in [3.05, 3.63) is 59.7 Å². The van der Waals surface area contributed by atoms with E-state index in [4.69, 9.17) is 9.26 Å². The first-order chi connectivity index (χ1) is 12.7. The fourth-order valence-electron chi connectivity index (χ4n) is 2.55. The number of fused-ring (bicyclic) bond motifs is 1. The summed E-state index contributed by atoms with van der Waals surface area (Å²) in [6, 6.07) is 13.5. The minimum atomic E-state index is -1.68. The van der Waals surface area contributed by atoms with Crippen LogP contribution in [0.4, 0.5) is 5.69 Å². The van der Waals surface area contributed by atoms with Crippen LogP contribution in [-0.2, 0) is 9.63 Å². The van der Waals surface area contributed by atoms with E-state index in [2.05, 4.69) is 25.0 Å². The van der Waals surface area contributed by atoms with Crippen LogP contribution in [0.2, 0.25) is 19.6 Å². The van der Waals surface area contributed by atoms with Crippen LogP contribution in [0.5, 0.6) is 5.75 Å². The third-order valence-electron chi connectivity index (χ3n) is 3.67. The highest BCUT2D eigenvalue weighted by atomic mass is 28.4. The third-order valence-corrected chi connectivity index (χ3v) is 4.51. The van der Waals surface area contributed by atoms with Gasteiger partial charge in [0.1, 0.15) is 12.3 Å². The van der Waals surface area contributed by atoms with Crippen LogP contribution in [-0.4, -0.2) is 37.7 Å². The molecule has 27 heavy (non-hydrogen) atoms. The zero-order chi connectivity index (χ0) is 19.6. The first-order valence-corrected chi connectivity index (χ1v) is 11.9. The summed E-state index contributed by atoms with van der Waals surface area (Å²) in [5.74, 6) is -1.26. The molecule has 0 atom stereocenters. The number of imide groups is 1. The molecule has 0 spiro atoms. The van der Waals surface area contributed by atoms with Gasteiger partial charge in [0.2, 0.25) is 8.32 Å². The Balaban J connectivity index is 1.55. The maximum Gasteiger partial charge on any atom is 0.352 e. The topological polar surface area (TPSA) is 84.9 Å². The normalized spacial score (nSPS) is 13.4. The third kappa shape index (κ3) is 4.35. The summed E-state index contributed by atoms with van der Waals surface area (Å²) in [4.78, 5) is 41.3. The molecular formula is C19H20N2O5Si. The van der Waals surface area contributed by atoms with E-state index in [1.807, 2.05) is 12.1 Å². The highest BCUT2D eigenvalue weighted by molar-refractivity contribution is 6.70. The molecule has 7 nitrogen and oxygen atoms in total. The predicted molar refractivity (Wildman–Crippen MR) is 102 cm³/mol. The molecule has 0 radical (unpaired) electrons. The smallest absolute Gasteiger partial charge is 0.352 e. The second-order valence-corrected chi connectivity index (χ2v) is 11.4. The molecule has 0 saturated carbocycles. The van der Waals surface area contributed by atoms with E-state index >= 15 is 0 Å². The summed E-state index contributed by atoms with van der Waals surface area (Å²) in [6.45, 7) is 6.08. The minimum absolute atomic E-state index is 0.193. The van der Waals surface area contributed by atoms with Gasteiger partial charge in [-0.1, -0.05) is 17.2 Å². The number of carbonyl (C=O) groups is 3. The van der Waals surface area contributed by atoms with Crippen LogP contribution < -0.4 is 9.74 Å². The maximum absolute atomic E-state index is 12.2. The Morgan fingerprint density at radius 2 is 1.52 bits per heavy atom. The Labute approximate surface area is 158 Å². The Morgan fingerprint density at radius 1 is 0.963 bits per heavy atom. The molecule has 140 valence electrons. The lowest BCUT2D eigenvalue weighted by atomic mass is 10.1. The highest BCUT2D eigenvalue weighted by Crippen LogP contribution is 2.23. The largest absolute Gasteiger partial charge is 0.544 e. The van der Waals surface area contributed by atoms with E-state index in [1.54, 1.807) is 24.3 Å². The zero-order valence-corrected chi connectivity index (χ0v) is 16.3. The van der Waals surface area contributed by atoms with E-state index < -0.39 is 26.1 Å². The molecule has 1 N–H and O–H groups in total. The summed E-state index contributed by atoms with van der Waals surface area (Å²) in [6.07, 6.45) is 0. The fourth-order valence-corrected chi connectivity index (χ4v) is 3.40. The Kier molecular flexibility index (Phi) is 5.00. The van der Waals surface area contributed by atoms with E-state index in [9.17, 15) is 14.4 Å². The van der Waals surface area contributed by atoms with Gasteiger partial charge in [-0.05, 0) is 56.0 Å². The second kappa shape index (κ2) is 7.24. The van der Waals surface area contributed by atoms with Crippen LogP contribution in [0, 0.1) is 0 Å². The molecule has 2 aromatic carbocycles. The quantitative estimate of drug-likeness (QED) is 0.609. The molecule has 3 rings (SSSR count). The van der Waals surface area contributed by atoms with Crippen molar-refractivity contribution in [3.63, 3.8) is 0 Å². The Bertz CT molecular complexity index is 855. The van der Waals surface area contributed by atoms with Gasteiger partial charge in [-0.15, -0.1) is 0 Å². The van der Waals surface area contributed by atoms with E-state index in [1.165, 1.54) is 12.1 Å². The van der Waals surface area contributed by atoms with Gasteiger partial charge < -0.3 is 14.6 Å². The fraction of sp³-hybridized carbons (Fsp3) is 0.211. The maximum atomic E-state index is 12.2. The molecule has 0 saturated heterocycles. The molecule has 1 heterocycles. The summed E-state index contributed by atoms with van der Waals surface area (Å²) >= 11 is 0. The molecule has 0 bridgehead atoms. The lowest BCUT2D eigenvalue weighted by Gasteiger charge is -2.19. The molecule has 8 heteroatoms. The second-order valence-electron chi connectivity index (χ2n) is 7.01. The molecule has 0 aromatic heterocycles. The number of hydrogen-bond donors (Lipinski definition) is 1. The van der Waals surface area contributed by atoms with Gasteiger partial charge in [0, 0.05) is 5.69 Å². The van der Waals surface area contributed by atoms with Crippen molar-refractivity contribution in [1.29, 1.82) is 0 Å². The lowest BCUT2D eigenvalue weighted by molar-refractivity contribution is -0.166. The number of anilines is 1. The average molecular weight is 384 g/mol. The van der Waals surface area contributed by atoms with Gasteiger partial charge in [-0.2, -0.15) is 0 Å². The first kappa shape index (κ1) is 18.7. The standard InChI is InChI=1S/C19H20N2O5Si/c1-27(2,3)26-14-10-8-13(9-11-14)20-12-17(22)25-21-18(23)15-6-4-5-7-16(15)19(21)24/h4-11,20H,12H2,1-3H3. The molecule has 1 aliphatic rings. The Morgan fingerprint density at radius 3 is 2.04 bits per heavy atom. The number of nitrogens with one attached hydrogen (secondary N) is 1. The van der Waals surface area contributed by atoms with Gasteiger partial charge in [0.25, 0.3) is 11.8 Å². The lowest BCUT2D eigenvalue weighted by Crippen LogP contribution is -2.34. The molecule has 2 aromatic rings. The Hall–Kier alpha value is -3.13. The number of nitrogens with zero attached hydrogens (tertiary/aromatic N) is 1. The number of hydrogen-bond acceptors (Lipinski definition) is 6. The summed E-state index contributed by atoms with van der Waals surface area (Å²) in [7, 11) is -1.68. The van der Waals surface area contributed by atoms with E-state index in [-0.39, 0.29) is 17.7 Å². The van der Waals surface area contributed by atoms with Gasteiger partial charge in [-0.25, -0.2) is 4.79 Å². The number of amides is 2. The highest BCUT2D eigenvalue weighted by Gasteiger charge is 2.38. The van der Waals surface area contributed by atoms with Gasteiger partial charge >= 0.3 is 5.97 Å². The van der Waals surface area contributed by atoms with Crippen molar-refractivity contribution >= 4 is 31.8 Å². The average Bonchev–Trinajstić information content (AvgIpc) is 2.85. The molecule has 0 unspecified atom stereocenters. The van der Waals surface area contributed by atoms with Crippen LogP contribution in [0.25, 0.3) is 0 Å². The molecule has 1 aliphatic heterocycles. The van der Waals surface area contributed by atoms with Crippen molar-refractivity contribution in [1.82, 2.24) is 5.06 Å². The van der Waals surface area contributed by atoms with Crippen molar-refractivity contribution in [2.45, 2.75) is 19.6 Å².